The lowest BCUT2D eigenvalue weighted by molar-refractivity contribution is -0.423. The lowest BCUT2D eigenvalue weighted by atomic mass is 10.1. The van der Waals surface area contributed by atoms with Gasteiger partial charge in [-0.25, -0.2) is 0 Å². The van der Waals surface area contributed by atoms with Gasteiger partial charge in [-0.3, -0.25) is 20.2 Å². The highest BCUT2D eigenvalue weighted by molar-refractivity contribution is 5.77. The first-order chi connectivity index (χ1) is 8.90. The van der Waals surface area contributed by atoms with Crippen LogP contribution in [0.3, 0.4) is 0 Å². The van der Waals surface area contributed by atoms with Gasteiger partial charge in [0, 0.05) is 5.56 Å². The van der Waals surface area contributed by atoms with E-state index in [0.29, 0.717) is 0 Å². The predicted octanol–water partition coefficient (Wildman–Crippen LogP) is 1.84. The van der Waals surface area contributed by atoms with Crippen LogP contribution in [0.15, 0.2) is 0 Å². The number of hydrogen-bond acceptors (Lipinski definition) is 7. The minimum Gasteiger partial charge on any atom is -0.492 e. The second-order valence-corrected chi connectivity index (χ2v) is 3.44. The molecule has 0 bridgehead atoms. The van der Waals surface area contributed by atoms with E-state index >= 15 is 0 Å². The van der Waals surface area contributed by atoms with Crippen LogP contribution in [0, 0.1) is 27.2 Å². The van der Waals surface area contributed by atoms with Gasteiger partial charge in [0.15, 0.2) is 5.75 Å². The van der Waals surface area contributed by atoms with Gasteiger partial charge in [0.25, 0.3) is 0 Å². The molecular formula is C10H12N2O7. The number of rotatable bonds is 5. The first kappa shape index (κ1) is 14.5. The quantitative estimate of drug-likeness (QED) is 0.593. The summed E-state index contributed by atoms with van der Waals surface area (Å²) < 4.78 is 14.8. The molecule has 0 aromatic heterocycles. The van der Waals surface area contributed by atoms with Crippen molar-refractivity contribution in [3.63, 3.8) is 0 Å². The van der Waals surface area contributed by atoms with Crippen LogP contribution < -0.4 is 14.2 Å². The molecule has 0 N–H and O–H groups in total. The fourth-order valence-electron chi connectivity index (χ4n) is 1.80. The second-order valence-electron chi connectivity index (χ2n) is 3.44. The van der Waals surface area contributed by atoms with Gasteiger partial charge in [0.2, 0.25) is 11.5 Å². The number of methoxy groups -OCH3 is 3. The Balaban J connectivity index is 3.94. The van der Waals surface area contributed by atoms with Crippen molar-refractivity contribution in [2.24, 2.45) is 0 Å². The van der Waals surface area contributed by atoms with E-state index < -0.39 is 21.2 Å². The molecule has 0 fully saturated rings. The normalized spacial score (nSPS) is 9.89. The Bertz CT molecular complexity index is 541. The largest absolute Gasteiger partial charge is 0.492 e. The molecule has 104 valence electrons. The van der Waals surface area contributed by atoms with Crippen molar-refractivity contribution in [1.29, 1.82) is 0 Å². The van der Waals surface area contributed by atoms with Crippen molar-refractivity contribution < 1.29 is 24.1 Å². The van der Waals surface area contributed by atoms with Crippen molar-refractivity contribution in [2.75, 3.05) is 21.3 Å². The maximum atomic E-state index is 11.1. The van der Waals surface area contributed by atoms with Gasteiger partial charge in [-0.2, -0.15) is 0 Å². The number of nitro groups is 2. The van der Waals surface area contributed by atoms with Crippen LogP contribution in [0.1, 0.15) is 5.56 Å². The van der Waals surface area contributed by atoms with Crippen LogP contribution in [0.5, 0.6) is 17.2 Å². The van der Waals surface area contributed by atoms with Crippen LogP contribution in [0.2, 0.25) is 0 Å². The van der Waals surface area contributed by atoms with Gasteiger partial charge in [-0.15, -0.1) is 0 Å². The summed E-state index contributed by atoms with van der Waals surface area (Å²) in [4.78, 5) is 20.3. The monoisotopic (exact) mass is 272 g/mol. The third-order valence-electron chi connectivity index (χ3n) is 2.52. The Morgan fingerprint density at radius 2 is 1.16 bits per heavy atom. The molecule has 9 heteroatoms. The van der Waals surface area contributed by atoms with E-state index in [1.54, 1.807) is 0 Å². The highest BCUT2D eigenvalue weighted by atomic mass is 16.6. The molecule has 0 aliphatic rings. The summed E-state index contributed by atoms with van der Waals surface area (Å²) in [5.74, 6) is -0.511. The van der Waals surface area contributed by atoms with Gasteiger partial charge in [0.05, 0.1) is 31.2 Å². The maximum absolute atomic E-state index is 11.1. The van der Waals surface area contributed by atoms with E-state index in [1.165, 1.54) is 28.3 Å². The fourth-order valence-corrected chi connectivity index (χ4v) is 1.80. The van der Waals surface area contributed by atoms with E-state index in [4.69, 9.17) is 14.2 Å². The molecular weight excluding hydrogens is 260 g/mol. The van der Waals surface area contributed by atoms with E-state index in [2.05, 4.69) is 0 Å². The first-order valence-corrected chi connectivity index (χ1v) is 5.01. The Kier molecular flexibility index (Phi) is 4.10. The minimum atomic E-state index is -0.901. The Morgan fingerprint density at radius 3 is 1.47 bits per heavy atom. The molecule has 0 atom stereocenters. The number of benzene rings is 1. The highest BCUT2D eigenvalue weighted by Gasteiger charge is 2.39. The summed E-state index contributed by atoms with van der Waals surface area (Å²) >= 11 is 0. The standard InChI is InChI=1S/C10H12N2O7/c1-5-8(17-2)6(11(13)14)7(12(15)16)10(19-4)9(5)18-3/h1-4H3. The lowest BCUT2D eigenvalue weighted by Crippen LogP contribution is -2.06. The number of ether oxygens (including phenoxy) is 3. The molecule has 0 heterocycles. The molecule has 1 aromatic rings. The van der Waals surface area contributed by atoms with Gasteiger partial charge in [0.1, 0.15) is 0 Å². The molecule has 0 saturated carbocycles. The molecule has 1 rings (SSSR count). The van der Waals surface area contributed by atoms with Gasteiger partial charge < -0.3 is 14.2 Å². The van der Waals surface area contributed by atoms with Crippen LogP contribution >= 0.6 is 0 Å². The summed E-state index contributed by atoms with van der Waals surface area (Å²) in [7, 11) is 3.63. The third-order valence-corrected chi connectivity index (χ3v) is 2.52. The highest BCUT2D eigenvalue weighted by Crippen LogP contribution is 2.52. The summed E-state index contributed by atoms with van der Waals surface area (Å²) in [6.45, 7) is 1.48. The average molecular weight is 272 g/mol. The van der Waals surface area contributed by atoms with E-state index in [9.17, 15) is 20.2 Å². The lowest BCUT2D eigenvalue weighted by Gasteiger charge is -2.14. The number of hydrogen-bond donors (Lipinski definition) is 0. The smallest absolute Gasteiger partial charge is 0.395 e. The third kappa shape index (κ3) is 2.21. The zero-order valence-corrected chi connectivity index (χ0v) is 10.8. The zero-order valence-electron chi connectivity index (χ0n) is 10.8. The Hall–Kier alpha value is -2.58. The van der Waals surface area contributed by atoms with Crippen molar-refractivity contribution in [3.8, 4) is 17.2 Å². The van der Waals surface area contributed by atoms with E-state index in [0.717, 1.165) is 0 Å². The molecule has 0 radical (unpaired) electrons. The first-order valence-electron chi connectivity index (χ1n) is 5.01. The maximum Gasteiger partial charge on any atom is 0.395 e. The summed E-state index contributed by atoms with van der Waals surface area (Å²) in [5, 5.41) is 22.1. The van der Waals surface area contributed by atoms with Gasteiger partial charge >= 0.3 is 11.4 Å². The molecule has 9 nitrogen and oxygen atoms in total. The predicted molar refractivity (Wildman–Crippen MR) is 64.1 cm³/mol. The number of nitro benzene ring substituents is 2. The van der Waals surface area contributed by atoms with Gasteiger partial charge in [-0.1, -0.05) is 0 Å². The van der Waals surface area contributed by atoms with Crippen LogP contribution in [-0.4, -0.2) is 31.2 Å². The SMILES string of the molecule is COc1c(C)c(OC)c([N+](=O)[O-])c([N+](=O)[O-])c1OC. The molecule has 0 spiro atoms. The summed E-state index contributed by atoms with van der Waals surface area (Å²) in [5.41, 5.74) is -1.31. The molecule has 0 aliphatic heterocycles. The number of nitrogens with zero attached hydrogens (tertiary/aromatic N) is 2. The van der Waals surface area contributed by atoms with Crippen molar-refractivity contribution in [1.82, 2.24) is 0 Å². The van der Waals surface area contributed by atoms with Crippen molar-refractivity contribution in [2.45, 2.75) is 6.92 Å². The Labute approximate surface area is 108 Å². The Morgan fingerprint density at radius 1 is 0.789 bits per heavy atom. The van der Waals surface area contributed by atoms with E-state index in [1.807, 2.05) is 0 Å². The minimum absolute atomic E-state index is 0.0247. The molecule has 19 heavy (non-hydrogen) atoms. The van der Waals surface area contributed by atoms with Crippen LogP contribution in [0.25, 0.3) is 0 Å². The van der Waals surface area contributed by atoms with Crippen LogP contribution in [0.4, 0.5) is 11.4 Å². The fraction of sp³-hybridized carbons (Fsp3) is 0.400. The molecule has 0 aliphatic carbocycles. The van der Waals surface area contributed by atoms with Crippen LogP contribution in [-0.2, 0) is 0 Å². The van der Waals surface area contributed by atoms with Crippen molar-refractivity contribution >= 4 is 11.4 Å². The van der Waals surface area contributed by atoms with Gasteiger partial charge in [-0.05, 0) is 6.92 Å². The molecule has 1 aromatic carbocycles. The molecule has 0 saturated heterocycles. The summed E-state index contributed by atoms with van der Waals surface area (Å²) in [6, 6.07) is 0. The molecule has 0 amide bonds. The topological polar surface area (TPSA) is 114 Å². The summed E-state index contributed by atoms with van der Waals surface area (Å²) in [6.07, 6.45) is 0. The average Bonchev–Trinajstić information content (AvgIpc) is 2.36. The zero-order chi connectivity index (χ0) is 14.7. The van der Waals surface area contributed by atoms with E-state index in [-0.39, 0.29) is 22.8 Å². The second kappa shape index (κ2) is 5.38. The van der Waals surface area contributed by atoms with Crippen molar-refractivity contribution in [3.05, 3.63) is 25.8 Å². The molecule has 0 unspecified atom stereocenters.